The van der Waals surface area contributed by atoms with Gasteiger partial charge in [-0.3, -0.25) is 5.10 Å². The van der Waals surface area contributed by atoms with Gasteiger partial charge in [0.15, 0.2) is 0 Å². The minimum atomic E-state index is 1.02. The Morgan fingerprint density at radius 1 is 1.50 bits per heavy atom. The van der Waals surface area contributed by atoms with Gasteiger partial charge in [-0.05, 0) is 19.4 Å². The number of rotatable bonds is 1. The van der Waals surface area contributed by atoms with Crippen LogP contribution in [0.25, 0.3) is 0 Å². The zero-order valence-corrected chi connectivity index (χ0v) is 7.23. The van der Waals surface area contributed by atoms with Crippen molar-refractivity contribution in [2.75, 3.05) is 0 Å². The predicted octanol–water partition coefficient (Wildman–Crippen LogP) is 2.31. The monoisotopic (exact) mass is 140 g/mol. The summed E-state index contributed by atoms with van der Waals surface area (Å²) in [5.74, 6) is 0. The molecule has 10 heavy (non-hydrogen) atoms. The summed E-state index contributed by atoms with van der Waals surface area (Å²) >= 11 is 0. The first kappa shape index (κ1) is 9.21. The van der Waals surface area contributed by atoms with E-state index in [1.807, 2.05) is 20.8 Å². The van der Waals surface area contributed by atoms with Crippen LogP contribution in [-0.4, -0.2) is 10.2 Å². The minimum absolute atomic E-state index is 1.02. The zero-order chi connectivity index (χ0) is 7.98. The third-order valence-electron chi connectivity index (χ3n) is 1.12. The molecule has 0 aliphatic rings. The van der Waals surface area contributed by atoms with E-state index in [-0.39, 0.29) is 0 Å². The molecule has 0 unspecified atom stereocenters. The van der Waals surface area contributed by atoms with Gasteiger partial charge in [-0.25, -0.2) is 0 Å². The summed E-state index contributed by atoms with van der Waals surface area (Å²) in [6.45, 7) is 8.10. The maximum absolute atomic E-state index is 4.01. The lowest BCUT2D eigenvalue weighted by Gasteiger charge is -1.77. The number of nitrogens with zero attached hydrogens (tertiary/aromatic N) is 1. The van der Waals surface area contributed by atoms with Gasteiger partial charge < -0.3 is 0 Å². The van der Waals surface area contributed by atoms with Crippen LogP contribution in [0.4, 0.5) is 0 Å². The molecule has 1 aromatic heterocycles. The molecule has 1 heterocycles. The van der Waals surface area contributed by atoms with E-state index in [9.17, 15) is 0 Å². The number of hydrogen-bond acceptors (Lipinski definition) is 1. The van der Waals surface area contributed by atoms with Crippen LogP contribution in [-0.2, 0) is 6.42 Å². The Kier molecular flexibility index (Phi) is 4.63. The molecular weight excluding hydrogens is 124 g/mol. The quantitative estimate of drug-likeness (QED) is 0.637. The smallest absolute Gasteiger partial charge is 0.0622 e. The fourth-order valence-corrected chi connectivity index (χ4v) is 0.656. The lowest BCUT2D eigenvalue weighted by Crippen LogP contribution is -1.76. The molecule has 2 heteroatoms. The largest absolute Gasteiger partial charge is 0.283 e. The number of aromatic nitrogens is 2. The van der Waals surface area contributed by atoms with Crippen LogP contribution < -0.4 is 0 Å². The molecule has 0 aromatic carbocycles. The highest BCUT2D eigenvalue weighted by molar-refractivity contribution is 5.05. The van der Waals surface area contributed by atoms with Crippen molar-refractivity contribution in [1.82, 2.24) is 10.2 Å². The van der Waals surface area contributed by atoms with Crippen molar-refractivity contribution in [3.63, 3.8) is 0 Å². The Bertz CT molecular complexity index is 168. The maximum atomic E-state index is 4.01. The predicted molar refractivity (Wildman–Crippen MR) is 44.1 cm³/mol. The first-order valence-corrected chi connectivity index (χ1v) is 3.84. The minimum Gasteiger partial charge on any atom is -0.283 e. The Morgan fingerprint density at radius 2 is 2.10 bits per heavy atom. The van der Waals surface area contributed by atoms with Gasteiger partial charge in [0.05, 0.1) is 5.69 Å². The molecule has 0 spiro atoms. The summed E-state index contributed by atoms with van der Waals surface area (Å²) in [6, 6.07) is 2.06. The molecule has 1 rings (SSSR count). The summed E-state index contributed by atoms with van der Waals surface area (Å²) in [7, 11) is 0. The van der Waals surface area contributed by atoms with Crippen molar-refractivity contribution >= 4 is 0 Å². The van der Waals surface area contributed by atoms with Crippen molar-refractivity contribution < 1.29 is 0 Å². The molecule has 1 N–H and O–H groups in total. The van der Waals surface area contributed by atoms with Crippen LogP contribution in [0.2, 0.25) is 0 Å². The van der Waals surface area contributed by atoms with Crippen molar-refractivity contribution in [1.29, 1.82) is 0 Å². The molecular formula is C8H16N2. The van der Waals surface area contributed by atoms with Crippen LogP contribution in [0.1, 0.15) is 32.2 Å². The van der Waals surface area contributed by atoms with Gasteiger partial charge in [0.1, 0.15) is 0 Å². The number of H-pyrrole nitrogens is 1. The molecule has 0 radical (unpaired) electrons. The van der Waals surface area contributed by atoms with Crippen LogP contribution >= 0.6 is 0 Å². The van der Waals surface area contributed by atoms with Crippen molar-refractivity contribution in [3.8, 4) is 0 Å². The van der Waals surface area contributed by atoms with Gasteiger partial charge >= 0.3 is 0 Å². The standard InChI is InChI=1S/C6H10N2.C2H6/c1-3-6-4-5(2)7-8-6;1-2/h4H,3H2,1-2H3,(H,7,8);1-2H3. The Labute approximate surface area is 62.7 Å². The molecule has 2 nitrogen and oxygen atoms in total. The number of hydrogen-bond donors (Lipinski definition) is 1. The molecule has 0 fully saturated rings. The Balaban J connectivity index is 0.000000371. The van der Waals surface area contributed by atoms with Crippen LogP contribution in [0.5, 0.6) is 0 Å². The molecule has 0 atom stereocenters. The van der Waals surface area contributed by atoms with E-state index in [0.717, 1.165) is 17.8 Å². The average molecular weight is 140 g/mol. The second kappa shape index (κ2) is 5.03. The van der Waals surface area contributed by atoms with E-state index in [1.165, 1.54) is 0 Å². The third-order valence-corrected chi connectivity index (χ3v) is 1.12. The summed E-state index contributed by atoms with van der Waals surface area (Å²) < 4.78 is 0. The zero-order valence-electron chi connectivity index (χ0n) is 7.23. The first-order valence-electron chi connectivity index (χ1n) is 3.84. The van der Waals surface area contributed by atoms with E-state index in [0.29, 0.717) is 0 Å². The van der Waals surface area contributed by atoms with E-state index >= 15 is 0 Å². The normalized spacial score (nSPS) is 8.40. The second-order valence-electron chi connectivity index (χ2n) is 1.90. The average Bonchev–Trinajstić information content (AvgIpc) is 2.40. The number of nitrogens with one attached hydrogen (secondary N) is 1. The summed E-state index contributed by atoms with van der Waals surface area (Å²) in [5.41, 5.74) is 2.28. The van der Waals surface area contributed by atoms with E-state index in [2.05, 4.69) is 23.2 Å². The van der Waals surface area contributed by atoms with Gasteiger partial charge in [0.25, 0.3) is 0 Å². The molecule has 0 bridgehead atoms. The summed E-state index contributed by atoms with van der Waals surface area (Å²) in [5, 5.41) is 6.88. The molecule has 0 aliphatic carbocycles. The maximum Gasteiger partial charge on any atom is 0.0622 e. The van der Waals surface area contributed by atoms with Crippen LogP contribution in [0.15, 0.2) is 6.07 Å². The highest BCUT2D eigenvalue weighted by atomic mass is 15.1. The fraction of sp³-hybridized carbons (Fsp3) is 0.625. The first-order chi connectivity index (χ1) is 4.83. The summed E-state index contributed by atoms with van der Waals surface area (Å²) in [6.07, 6.45) is 1.02. The van der Waals surface area contributed by atoms with Gasteiger partial charge in [-0.2, -0.15) is 5.10 Å². The van der Waals surface area contributed by atoms with Crippen LogP contribution in [0, 0.1) is 6.92 Å². The third kappa shape index (κ3) is 2.67. The van der Waals surface area contributed by atoms with Gasteiger partial charge in [-0.1, -0.05) is 20.8 Å². The lowest BCUT2D eigenvalue weighted by molar-refractivity contribution is 0.962. The summed E-state index contributed by atoms with van der Waals surface area (Å²) in [4.78, 5) is 0. The van der Waals surface area contributed by atoms with Gasteiger partial charge in [-0.15, -0.1) is 0 Å². The van der Waals surface area contributed by atoms with Crippen molar-refractivity contribution in [3.05, 3.63) is 17.5 Å². The molecule has 1 aromatic rings. The second-order valence-corrected chi connectivity index (χ2v) is 1.90. The van der Waals surface area contributed by atoms with Gasteiger partial charge in [0, 0.05) is 5.69 Å². The molecule has 0 saturated carbocycles. The topological polar surface area (TPSA) is 28.7 Å². The van der Waals surface area contributed by atoms with E-state index in [4.69, 9.17) is 0 Å². The highest BCUT2D eigenvalue weighted by Crippen LogP contribution is 1.96. The molecule has 58 valence electrons. The van der Waals surface area contributed by atoms with Crippen molar-refractivity contribution in [2.45, 2.75) is 34.1 Å². The molecule has 0 amide bonds. The Hall–Kier alpha value is -0.790. The van der Waals surface area contributed by atoms with Gasteiger partial charge in [0.2, 0.25) is 0 Å². The number of aromatic amines is 1. The Morgan fingerprint density at radius 3 is 2.30 bits per heavy atom. The highest BCUT2D eigenvalue weighted by Gasteiger charge is 1.90. The van der Waals surface area contributed by atoms with Crippen LogP contribution in [0.3, 0.4) is 0 Å². The fourth-order valence-electron chi connectivity index (χ4n) is 0.656. The van der Waals surface area contributed by atoms with E-state index in [1.54, 1.807) is 0 Å². The SMILES string of the molecule is CC.CCc1cc(C)[nH]n1. The number of aryl methyl sites for hydroxylation is 2. The molecule has 0 aliphatic heterocycles. The molecule has 0 saturated heterocycles. The van der Waals surface area contributed by atoms with Crippen molar-refractivity contribution in [2.24, 2.45) is 0 Å². The lowest BCUT2D eigenvalue weighted by atomic mass is 10.3. The van der Waals surface area contributed by atoms with E-state index < -0.39 is 0 Å².